The van der Waals surface area contributed by atoms with Crippen LogP contribution >= 0.6 is 0 Å². The number of benzene rings is 1. The van der Waals surface area contributed by atoms with Crippen LogP contribution in [0.5, 0.6) is 0 Å². The van der Waals surface area contributed by atoms with Crippen LogP contribution in [0.2, 0.25) is 0 Å². The molecule has 0 amide bonds. The van der Waals surface area contributed by atoms with E-state index < -0.39 is 0 Å². The molecule has 2 nitrogen and oxygen atoms in total. The van der Waals surface area contributed by atoms with Gasteiger partial charge in [0.25, 0.3) is 0 Å². The van der Waals surface area contributed by atoms with Gasteiger partial charge in [-0.1, -0.05) is 72.1 Å². The zero-order valence-corrected chi connectivity index (χ0v) is 23.8. The highest BCUT2D eigenvalue weighted by Crippen LogP contribution is 2.68. The van der Waals surface area contributed by atoms with E-state index >= 15 is 0 Å². The first-order valence-electron chi connectivity index (χ1n) is 15.5. The number of fused-ring (bicyclic) bond motifs is 5. The van der Waals surface area contributed by atoms with Gasteiger partial charge in [0.2, 0.25) is 0 Å². The minimum Gasteiger partial charge on any atom is -0.459 e. The van der Waals surface area contributed by atoms with Crippen molar-refractivity contribution in [2.45, 2.75) is 118 Å². The highest BCUT2D eigenvalue weighted by molar-refractivity contribution is 5.89. The van der Waals surface area contributed by atoms with Gasteiger partial charge in [-0.05, 0) is 122 Å². The van der Waals surface area contributed by atoms with Crippen molar-refractivity contribution in [1.82, 2.24) is 0 Å². The summed E-state index contributed by atoms with van der Waals surface area (Å²) in [6.07, 6.45) is 16.3. The normalized spacial score (nSPS) is 40.7. The van der Waals surface area contributed by atoms with E-state index in [9.17, 15) is 4.79 Å². The molecule has 4 saturated carbocycles. The molecule has 4 aliphatic rings. The fourth-order valence-corrected chi connectivity index (χ4v) is 10.1. The molecular weight excluding hydrogens is 440 g/mol. The van der Waals surface area contributed by atoms with E-state index in [0.717, 1.165) is 54.3 Å². The summed E-state index contributed by atoms with van der Waals surface area (Å²) in [6, 6.07) is 9.55. The molecule has 0 aromatic heterocycles. The minimum absolute atomic E-state index is 0.101. The molecule has 0 N–H and O–H groups in total. The van der Waals surface area contributed by atoms with E-state index in [0.29, 0.717) is 16.4 Å². The third-order valence-electron chi connectivity index (χ3n) is 12.1. The van der Waals surface area contributed by atoms with Crippen molar-refractivity contribution in [3.05, 3.63) is 35.9 Å². The van der Waals surface area contributed by atoms with Gasteiger partial charge in [0.15, 0.2) is 0 Å². The van der Waals surface area contributed by atoms with Crippen molar-refractivity contribution in [2.24, 2.45) is 52.3 Å². The predicted octanol–water partition coefficient (Wildman–Crippen LogP) is 9.33. The van der Waals surface area contributed by atoms with Gasteiger partial charge in [-0.25, -0.2) is 4.79 Å². The Morgan fingerprint density at radius 3 is 2.36 bits per heavy atom. The zero-order chi connectivity index (χ0) is 25.5. The van der Waals surface area contributed by atoms with Crippen LogP contribution in [0.15, 0.2) is 30.3 Å². The van der Waals surface area contributed by atoms with Gasteiger partial charge in [-0.2, -0.15) is 0 Å². The number of hydrogen-bond acceptors (Lipinski definition) is 2. The predicted molar refractivity (Wildman–Crippen MR) is 149 cm³/mol. The number of esters is 1. The maximum atomic E-state index is 12.7. The lowest BCUT2D eigenvalue weighted by atomic mass is 9.44. The summed E-state index contributed by atoms with van der Waals surface area (Å²) in [6.45, 7) is 12.7. The van der Waals surface area contributed by atoms with Gasteiger partial charge in [-0.15, -0.1) is 0 Å². The Kier molecular flexibility index (Phi) is 7.64. The molecule has 4 aliphatic carbocycles. The van der Waals surface area contributed by atoms with E-state index in [1.165, 1.54) is 64.2 Å². The maximum absolute atomic E-state index is 12.7. The molecule has 1 aromatic rings. The standard InChI is InChI=1S/C34H52O2/c1-23(2)10-9-11-24(3)29-16-17-30-28-15-14-26-22-27(36-32(35)25-12-7-6-8-13-25)18-20-33(26,4)31(28)19-21-34(29,30)5/h6-8,12-13,23-24,26-31H,9-11,14-22H2,1-5H3/t24-,26-,27-,28+,29-,30+,31+,33-,34+/m0/s1. The molecule has 0 saturated heterocycles. The van der Waals surface area contributed by atoms with Gasteiger partial charge < -0.3 is 4.74 Å². The topological polar surface area (TPSA) is 26.3 Å². The number of hydrogen-bond donors (Lipinski definition) is 0. The Hall–Kier alpha value is -1.31. The fraction of sp³-hybridized carbons (Fsp3) is 0.794. The molecule has 1 aromatic carbocycles. The van der Waals surface area contributed by atoms with Crippen molar-refractivity contribution in [3.63, 3.8) is 0 Å². The highest BCUT2D eigenvalue weighted by Gasteiger charge is 2.60. The fourth-order valence-electron chi connectivity index (χ4n) is 10.1. The highest BCUT2D eigenvalue weighted by atomic mass is 16.5. The van der Waals surface area contributed by atoms with Crippen LogP contribution in [0.4, 0.5) is 0 Å². The maximum Gasteiger partial charge on any atom is 0.338 e. The molecule has 0 unspecified atom stereocenters. The first-order valence-corrected chi connectivity index (χ1v) is 15.5. The third kappa shape index (κ3) is 4.80. The monoisotopic (exact) mass is 492 g/mol. The van der Waals surface area contributed by atoms with E-state index in [1.807, 2.05) is 30.3 Å². The van der Waals surface area contributed by atoms with E-state index in [2.05, 4.69) is 34.6 Å². The quantitative estimate of drug-likeness (QED) is 0.354. The molecule has 0 aliphatic heterocycles. The van der Waals surface area contributed by atoms with Crippen LogP contribution < -0.4 is 0 Å². The lowest BCUT2D eigenvalue weighted by Gasteiger charge is -2.61. The average Bonchev–Trinajstić information content (AvgIpc) is 3.22. The smallest absolute Gasteiger partial charge is 0.338 e. The Balaban J connectivity index is 1.22. The summed E-state index contributed by atoms with van der Waals surface area (Å²) in [5, 5.41) is 0. The number of carbonyl (C=O) groups is 1. The molecule has 36 heavy (non-hydrogen) atoms. The van der Waals surface area contributed by atoms with Gasteiger partial charge >= 0.3 is 5.97 Å². The van der Waals surface area contributed by atoms with Crippen LogP contribution in [-0.2, 0) is 4.74 Å². The molecule has 5 rings (SSSR count). The van der Waals surface area contributed by atoms with E-state index in [1.54, 1.807) is 0 Å². The number of ether oxygens (including phenoxy) is 1. The summed E-state index contributed by atoms with van der Waals surface area (Å²) in [5.74, 6) is 6.01. The molecule has 0 heterocycles. The summed E-state index contributed by atoms with van der Waals surface area (Å²) in [7, 11) is 0. The van der Waals surface area contributed by atoms with Crippen LogP contribution in [0, 0.1) is 52.3 Å². The van der Waals surface area contributed by atoms with E-state index in [-0.39, 0.29) is 12.1 Å². The SMILES string of the molecule is CC(C)CCC[C@H](C)[C@@H]1CC[C@@H]2[C@H]3CC[C@H]4C[C@@H](OC(=O)c5ccccc5)CC[C@]4(C)[C@@H]3CC[C@@]21C. The van der Waals surface area contributed by atoms with Gasteiger partial charge in [-0.3, -0.25) is 0 Å². The zero-order valence-electron chi connectivity index (χ0n) is 23.8. The third-order valence-corrected chi connectivity index (χ3v) is 12.1. The number of carbonyl (C=O) groups excluding carboxylic acids is 1. The number of rotatable bonds is 7. The molecule has 0 spiro atoms. The lowest BCUT2D eigenvalue weighted by molar-refractivity contribution is -0.130. The Labute approximate surface area is 221 Å². The molecule has 4 fully saturated rings. The second kappa shape index (κ2) is 10.5. The van der Waals surface area contributed by atoms with Gasteiger partial charge in [0.05, 0.1) is 5.56 Å². The summed E-state index contributed by atoms with van der Waals surface area (Å²) >= 11 is 0. The average molecular weight is 493 g/mol. The Morgan fingerprint density at radius 1 is 0.889 bits per heavy atom. The van der Waals surface area contributed by atoms with Crippen molar-refractivity contribution in [3.8, 4) is 0 Å². The first kappa shape index (κ1) is 26.3. The lowest BCUT2D eigenvalue weighted by Crippen LogP contribution is -2.54. The Morgan fingerprint density at radius 2 is 1.61 bits per heavy atom. The molecule has 0 bridgehead atoms. The molecule has 0 radical (unpaired) electrons. The van der Waals surface area contributed by atoms with Gasteiger partial charge in [0, 0.05) is 0 Å². The van der Waals surface area contributed by atoms with Crippen LogP contribution in [0.1, 0.15) is 122 Å². The second-order valence-corrected chi connectivity index (χ2v) is 14.4. The van der Waals surface area contributed by atoms with Crippen LogP contribution in [-0.4, -0.2) is 12.1 Å². The molecule has 2 heteroatoms. The van der Waals surface area contributed by atoms with Gasteiger partial charge in [0.1, 0.15) is 6.10 Å². The molecular formula is C34H52O2. The summed E-state index contributed by atoms with van der Waals surface area (Å²) in [4.78, 5) is 12.7. The van der Waals surface area contributed by atoms with E-state index in [4.69, 9.17) is 4.74 Å². The summed E-state index contributed by atoms with van der Waals surface area (Å²) < 4.78 is 6.04. The largest absolute Gasteiger partial charge is 0.459 e. The molecule has 9 atom stereocenters. The summed E-state index contributed by atoms with van der Waals surface area (Å²) in [5.41, 5.74) is 1.71. The van der Waals surface area contributed by atoms with Crippen molar-refractivity contribution < 1.29 is 9.53 Å². The Bertz CT molecular complexity index is 892. The van der Waals surface area contributed by atoms with Crippen molar-refractivity contribution >= 4 is 5.97 Å². The second-order valence-electron chi connectivity index (χ2n) is 14.4. The van der Waals surface area contributed by atoms with Crippen LogP contribution in [0.3, 0.4) is 0 Å². The van der Waals surface area contributed by atoms with Crippen molar-refractivity contribution in [2.75, 3.05) is 0 Å². The van der Waals surface area contributed by atoms with Crippen LogP contribution in [0.25, 0.3) is 0 Å². The van der Waals surface area contributed by atoms with Crippen molar-refractivity contribution in [1.29, 1.82) is 0 Å². The first-order chi connectivity index (χ1) is 17.2. The molecule has 200 valence electrons. The minimum atomic E-state index is -0.133.